The van der Waals surface area contributed by atoms with Gasteiger partial charge >= 0.3 is 0 Å². The normalized spacial score (nSPS) is 10.7. The average Bonchev–Trinajstić information content (AvgIpc) is 3.06. The van der Waals surface area contributed by atoms with Crippen LogP contribution in [0.3, 0.4) is 0 Å². The molecule has 0 saturated heterocycles. The minimum Gasteiger partial charge on any atom is -0.493 e. The quantitative estimate of drug-likeness (QED) is 0.417. The van der Waals surface area contributed by atoms with Gasteiger partial charge < -0.3 is 24.5 Å². The predicted octanol–water partition coefficient (Wildman–Crippen LogP) is 3.49. The van der Waals surface area contributed by atoms with E-state index in [-0.39, 0.29) is 24.0 Å². The summed E-state index contributed by atoms with van der Waals surface area (Å²) in [4.78, 5) is 4.18. The van der Waals surface area contributed by atoms with Crippen molar-refractivity contribution in [2.24, 2.45) is 4.99 Å². The lowest BCUT2D eigenvalue weighted by Gasteiger charge is -2.14. The van der Waals surface area contributed by atoms with Gasteiger partial charge in [0.1, 0.15) is 5.76 Å². The molecule has 0 unspecified atom stereocenters. The number of hydrogen-bond donors (Lipinski definition) is 2. The van der Waals surface area contributed by atoms with Crippen LogP contribution in [0.15, 0.2) is 46.0 Å². The van der Waals surface area contributed by atoms with Gasteiger partial charge in [-0.1, -0.05) is 0 Å². The molecule has 0 aliphatic carbocycles. The van der Waals surface area contributed by atoms with Crippen LogP contribution < -0.4 is 20.1 Å². The number of halogens is 1. The molecule has 0 aliphatic rings. The first-order valence-electron chi connectivity index (χ1n) is 7.07. The molecule has 1 aromatic heterocycles. The first kappa shape index (κ1) is 19.1. The molecule has 0 aliphatic heterocycles. The number of ether oxygens (including phenoxy) is 2. The number of methoxy groups -OCH3 is 1. The number of nitrogens with one attached hydrogen (secondary N) is 2. The summed E-state index contributed by atoms with van der Waals surface area (Å²) in [6, 6.07) is 9.40. The first-order valence-corrected chi connectivity index (χ1v) is 7.07. The molecule has 0 bridgehead atoms. The molecule has 0 atom stereocenters. The highest BCUT2D eigenvalue weighted by Crippen LogP contribution is 2.30. The number of nitrogens with zero attached hydrogens (tertiary/aromatic N) is 1. The van der Waals surface area contributed by atoms with Crippen LogP contribution in [0.1, 0.15) is 12.7 Å². The second-order valence-corrected chi connectivity index (χ2v) is 4.43. The highest BCUT2D eigenvalue weighted by Gasteiger charge is 2.07. The molecule has 6 nitrogen and oxygen atoms in total. The van der Waals surface area contributed by atoms with Gasteiger partial charge in [-0.3, -0.25) is 4.99 Å². The summed E-state index contributed by atoms with van der Waals surface area (Å²) in [7, 11) is 3.33. The van der Waals surface area contributed by atoms with E-state index < -0.39 is 0 Å². The van der Waals surface area contributed by atoms with E-state index in [1.165, 1.54) is 0 Å². The van der Waals surface area contributed by atoms with Gasteiger partial charge in [-0.2, -0.15) is 0 Å². The minimum absolute atomic E-state index is 0. The fourth-order valence-electron chi connectivity index (χ4n) is 1.92. The molecule has 0 amide bonds. The molecule has 0 spiro atoms. The van der Waals surface area contributed by atoms with Crippen molar-refractivity contribution in [2.75, 3.05) is 26.1 Å². The molecule has 7 heteroatoms. The van der Waals surface area contributed by atoms with E-state index in [2.05, 4.69) is 15.6 Å². The molecule has 0 fully saturated rings. The lowest BCUT2D eigenvalue weighted by molar-refractivity contribution is 0.311. The van der Waals surface area contributed by atoms with Crippen molar-refractivity contribution in [1.29, 1.82) is 0 Å². The molecule has 1 heterocycles. The van der Waals surface area contributed by atoms with Crippen LogP contribution in [0.25, 0.3) is 0 Å². The van der Waals surface area contributed by atoms with E-state index in [1.807, 2.05) is 37.3 Å². The van der Waals surface area contributed by atoms with E-state index in [0.29, 0.717) is 30.6 Å². The number of furan rings is 1. The monoisotopic (exact) mass is 431 g/mol. The summed E-state index contributed by atoms with van der Waals surface area (Å²) in [5.74, 6) is 2.87. The molecule has 2 aromatic rings. The zero-order chi connectivity index (χ0) is 15.8. The number of guanidine groups is 1. The summed E-state index contributed by atoms with van der Waals surface area (Å²) in [5, 5.41) is 6.37. The third-order valence-electron chi connectivity index (χ3n) is 2.96. The smallest absolute Gasteiger partial charge is 0.195 e. The van der Waals surface area contributed by atoms with E-state index >= 15 is 0 Å². The Morgan fingerprint density at radius 2 is 2.09 bits per heavy atom. The Bertz CT molecular complexity index is 615. The van der Waals surface area contributed by atoms with Crippen molar-refractivity contribution in [3.63, 3.8) is 0 Å². The van der Waals surface area contributed by atoms with Crippen LogP contribution >= 0.6 is 24.0 Å². The van der Waals surface area contributed by atoms with Crippen molar-refractivity contribution >= 4 is 35.6 Å². The molecular weight excluding hydrogens is 409 g/mol. The van der Waals surface area contributed by atoms with Crippen molar-refractivity contribution < 1.29 is 13.9 Å². The number of aliphatic imine (C=N–C) groups is 1. The Labute approximate surface area is 153 Å². The SMILES string of the molecule is CCOc1ccc(NC(=NC)NCc2ccco2)cc1OC.I. The van der Waals surface area contributed by atoms with Gasteiger partial charge in [-0.05, 0) is 31.2 Å². The largest absolute Gasteiger partial charge is 0.493 e. The van der Waals surface area contributed by atoms with Gasteiger partial charge in [0.05, 0.1) is 26.5 Å². The molecule has 0 saturated carbocycles. The van der Waals surface area contributed by atoms with Crippen molar-refractivity contribution in [3.8, 4) is 11.5 Å². The maximum atomic E-state index is 5.50. The third-order valence-corrected chi connectivity index (χ3v) is 2.96. The van der Waals surface area contributed by atoms with Gasteiger partial charge in [0.25, 0.3) is 0 Å². The Hall–Kier alpha value is -1.90. The Kier molecular flexibility index (Phi) is 8.31. The topological polar surface area (TPSA) is 68.0 Å². The summed E-state index contributed by atoms with van der Waals surface area (Å²) in [6.07, 6.45) is 1.64. The molecule has 1 aromatic carbocycles. The maximum Gasteiger partial charge on any atom is 0.195 e. The summed E-state index contributed by atoms with van der Waals surface area (Å²) >= 11 is 0. The van der Waals surface area contributed by atoms with Crippen LogP contribution in [-0.4, -0.2) is 26.7 Å². The number of hydrogen-bond acceptors (Lipinski definition) is 4. The van der Waals surface area contributed by atoms with E-state index in [4.69, 9.17) is 13.9 Å². The summed E-state index contributed by atoms with van der Waals surface area (Å²) in [5.41, 5.74) is 0.854. The average molecular weight is 431 g/mol. The molecule has 23 heavy (non-hydrogen) atoms. The Morgan fingerprint density at radius 3 is 2.70 bits per heavy atom. The van der Waals surface area contributed by atoms with Crippen molar-refractivity contribution in [1.82, 2.24) is 5.32 Å². The summed E-state index contributed by atoms with van der Waals surface area (Å²) < 4.78 is 16.1. The van der Waals surface area contributed by atoms with Gasteiger partial charge in [0, 0.05) is 18.8 Å². The van der Waals surface area contributed by atoms with E-state index in [0.717, 1.165) is 11.4 Å². The fourth-order valence-corrected chi connectivity index (χ4v) is 1.92. The minimum atomic E-state index is 0. The first-order chi connectivity index (χ1) is 10.8. The highest BCUT2D eigenvalue weighted by molar-refractivity contribution is 14.0. The number of benzene rings is 1. The van der Waals surface area contributed by atoms with E-state index in [9.17, 15) is 0 Å². The molecular formula is C16H22IN3O3. The second kappa shape index (κ2) is 9.98. The van der Waals surface area contributed by atoms with Crippen LogP contribution in [0.2, 0.25) is 0 Å². The number of anilines is 1. The van der Waals surface area contributed by atoms with Gasteiger partial charge in [0.2, 0.25) is 0 Å². The highest BCUT2D eigenvalue weighted by atomic mass is 127. The molecule has 2 N–H and O–H groups in total. The molecule has 126 valence electrons. The van der Waals surface area contributed by atoms with Crippen LogP contribution in [-0.2, 0) is 6.54 Å². The second-order valence-electron chi connectivity index (χ2n) is 4.43. The number of rotatable bonds is 6. The van der Waals surface area contributed by atoms with Gasteiger partial charge in [-0.15, -0.1) is 24.0 Å². The lowest BCUT2D eigenvalue weighted by Crippen LogP contribution is -2.30. The third kappa shape index (κ3) is 5.66. The zero-order valence-electron chi connectivity index (χ0n) is 13.5. The fraction of sp³-hybridized carbons (Fsp3) is 0.312. The molecule has 2 rings (SSSR count). The Morgan fingerprint density at radius 1 is 1.26 bits per heavy atom. The van der Waals surface area contributed by atoms with Crippen LogP contribution in [0.5, 0.6) is 11.5 Å². The van der Waals surface area contributed by atoms with Gasteiger partial charge in [0.15, 0.2) is 17.5 Å². The van der Waals surface area contributed by atoms with Crippen molar-refractivity contribution in [2.45, 2.75) is 13.5 Å². The standard InChI is InChI=1S/C16H21N3O3.HI/c1-4-21-14-8-7-12(10-15(14)20-3)19-16(17-2)18-11-13-6-5-9-22-13;/h5-10H,4,11H2,1-3H3,(H2,17,18,19);1H. The predicted molar refractivity (Wildman–Crippen MR) is 102 cm³/mol. The molecule has 0 radical (unpaired) electrons. The maximum absolute atomic E-state index is 5.50. The van der Waals surface area contributed by atoms with E-state index in [1.54, 1.807) is 20.4 Å². The van der Waals surface area contributed by atoms with Crippen molar-refractivity contribution in [3.05, 3.63) is 42.4 Å². The van der Waals surface area contributed by atoms with Crippen LogP contribution in [0.4, 0.5) is 5.69 Å². The van der Waals surface area contributed by atoms with Gasteiger partial charge in [-0.25, -0.2) is 0 Å². The lowest BCUT2D eigenvalue weighted by atomic mass is 10.2. The summed E-state index contributed by atoms with van der Waals surface area (Å²) in [6.45, 7) is 3.09. The van der Waals surface area contributed by atoms with Crippen LogP contribution in [0, 0.1) is 0 Å². The zero-order valence-corrected chi connectivity index (χ0v) is 15.8. The Balaban J connectivity index is 0.00000264.